The Morgan fingerprint density at radius 3 is 2.50 bits per heavy atom. The SMILES string of the molecule is CC(=O)OC1CC[C@@]2(C)[C@@H](CC[C@@H]3[C@@H]2CC[C@@]2(C)[C@H]3CCC2(O)C#N)C1. The van der Waals surface area contributed by atoms with E-state index in [1.807, 2.05) is 0 Å². The van der Waals surface area contributed by atoms with Gasteiger partial charge in [0.2, 0.25) is 0 Å². The fourth-order valence-corrected chi connectivity index (χ4v) is 7.76. The molecule has 0 heterocycles. The zero-order chi connectivity index (χ0) is 18.7. The van der Waals surface area contributed by atoms with Crippen LogP contribution in [0.1, 0.15) is 78.6 Å². The summed E-state index contributed by atoms with van der Waals surface area (Å²) in [5, 5.41) is 20.6. The van der Waals surface area contributed by atoms with Crippen LogP contribution in [0.2, 0.25) is 0 Å². The quantitative estimate of drug-likeness (QED) is 0.562. The molecule has 8 atom stereocenters. The van der Waals surface area contributed by atoms with Crippen molar-refractivity contribution >= 4 is 5.97 Å². The van der Waals surface area contributed by atoms with Crippen molar-refractivity contribution in [3.05, 3.63) is 0 Å². The topological polar surface area (TPSA) is 70.3 Å². The Hall–Kier alpha value is -1.08. The number of nitrogens with zero attached hydrogens (tertiary/aromatic N) is 1. The van der Waals surface area contributed by atoms with Gasteiger partial charge < -0.3 is 9.84 Å². The van der Waals surface area contributed by atoms with E-state index in [4.69, 9.17) is 4.74 Å². The molecule has 0 spiro atoms. The zero-order valence-corrected chi connectivity index (χ0v) is 16.5. The summed E-state index contributed by atoms with van der Waals surface area (Å²) in [6.07, 6.45) is 9.40. The number of rotatable bonds is 1. The van der Waals surface area contributed by atoms with Crippen LogP contribution in [-0.2, 0) is 9.53 Å². The Kier molecular flexibility index (Phi) is 4.19. The van der Waals surface area contributed by atoms with E-state index in [0.717, 1.165) is 38.5 Å². The highest BCUT2D eigenvalue weighted by Crippen LogP contribution is 2.68. The predicted octanol–water partition coefficient (Wildman–Crippen LogP) is 4.22. The van der Waals surface area contributed by atoms with Crippen molar-refractivity contribution in [2.45, 2.75) is 90.3 Å². The Balaban J connectivity index is 1.56. The van der Waals surface area contributed by atoms with Crippen LogP contribution >= 0.6 is 0 Å². The third-order valence-corrected chi connectivity index (χ3v) is 9.29. The molecule has 0 aromatic heterocycles. The summed E-state index contributed by atoms with van der Waals surface area (Å²) in [7, 11) is 0. The molecule has 0 saturated heterocycles. The number of ether oxygens (including phenoxy) is 1. The molecule has 4 fully saturated rings. The molecule has 0 aliphatic heterocycles. The van der Waals surface area contributed by atoms with Crippen molar-refractivity contribution in [3.8, 4) is 6.07 Å². The Morgan fingerprint density at radius 1 is 1.08 bits per heavy atom. The van der Waals surface area contributed by atoms with Gasteiger partial charge in [-0.15, -0.1) is 0 Å². The van der Waals surface area contributed by atoms with E-state index in [9.17, 15) is 15.2 Å². The number of nitriles is 1. The molecule has 4 heteroatoms. The van der Waals surface area contributed by atoms with Crippen molar-refractivity contribution in [1.29, 1.82) is 5.26 Å². The molecule has 4 aliphatic rings. The second-order valence-corrected chi connectivity index (χ2v) is 10.1. The Morgan fingerprint density at radius 2 is 1.81 bits per heavy atom. The fourth-order valence-electron chi connectivity index (χ4n) is 7.76. The maximum Gasteiger partial charge on any atom is 0.302 e. The van der Waals surface area contributed by atoms with Crippen LogP contribution in [0.15, 0.2) is 0 Å². The highest BCUT2D eigenvalue weighted by atomic mass is 16.5. The number of hydrogen-bond donors (Lipinski definition) is 1. The van der Waals surface area contributed by atoms with Crippen molar-refractivity contribution in [1.82, 2.24) is 0 Å². The third kappa shape index (κ3) is 2.39. The molecule has 2 unspecified atom stereocenters. The first-order valence-electron chi connectivity index (χ1n) is 10.5. The lowest BCUT2D eigenvalue weighted by Gasteiger charge is -2.61. The van der Waals surface area contributed by atoms with Crippen LogP contribution in [0.25, 0.3) is 0 Å². The second-order valence-electron chi connectivity index (χ2n) is 10.1. The summed E-state index contributed by atoms with van der Waals surface area (Å²) in [5.74, 6) is 2.31. The van der Waals surface area contributed by atoms with Crippen molar-refractivity contribution in [2.24, 2.45) is 34.5 Å². The average Bonchev–Trinajstić information content (AvgIpc) is 2.87. The first kappa shape index (κ1) is 18.3. The summed E-state index contributed by atoms with van der Waals surface area (Å²) >= 11 is 0. The number of carbonyl (C=O) groups is 1. The first-order valence-corrected chi connectivity index (χ1v) is 10.5. The summed E-state index contributed by atoms with van der Waals surface area (Å²) in [4.78, 5) is 11.4. The highest BCUT2D eigenvalue weighted by molar-refractivity contribution is 5.66. The molecule has 0 aromatic rings. The lowest BCUT2D eigenvalue weighted by molar-refractivity contribution is -0.164. The smallest absolute Gasteiger partial charge is 0.302 e. The Bertz CT molecular complexity index is 642. The number of hydrogen-bond acceptors (Lipinski definition) is 4. The molecular formula is C22H33NO3. The fraction of sp³-hybridized carbons (Fsp3) is 0.909. The van der Waals surface area contributed by atoms with E-state index in [1.165, 1.54) is 19.8 Å². The van der Waals surface area contributed by atoms with Gasteiger partial charge >= 0.3 is 5.97 Å². The summed E-state index contributed by atoms with van der Waals surface area (Å²) < 4.78 is 5.54. The molecule has 26 heavy (non-hydrogen) atoms. The minimum Gasteiger partial charge on any atom is -0.463 e. The van der Waals surface area contributed by atoms with Crippen LogP contribution < -0.4 is 0 Å². The molecule has 4 nitrogen and oxygen atoms in total. The maximum absolute atomic E-state index is 11.4. The van der Waals surface area contributed by atoms with Gasteiger partial charge in [0.25, 0.3) is 0 Å². The van der Waals surface area contributed by atoms with Crippen LogP contribution in [-0.4, -0.2) is 22.8 Å². The van der Waals surface area contributed by atoms with Gasteiger partial charge in [-0.1, -0.05) is 13.8 Å². The van der Waals surface area contributed by atoms with E-state index >= 15 is 0 Å². The van der Waals surface area contributed by atoms with Gasteiger partial charge in [0, 0.05) is 12.3 Å². The largest absolute Gasteiger partial charge is 0.463 e. The van der Waals surface area contributed by atoms with Crippen molar-refractivity contribution in [2.75, 3.05) is 0 Å². The molecule has 4 saturated carbocycles. The lowest BCUT2D eigenvalue weighted by atomic mass is 9.44. The van der Waals surface area contributed by atoms with Crippen molar-refractivity contribution < 1.29 is 14.6 Å². The number of carbonyl (C=O) groups excluding carboxylic acids is 1. The van der Waals surface area contributed by atoms with Crippen LogP contribution in [0.4, 0.5) is 0 Å². The number of fused-ring (bicyclic) bond motifs is 5. The molecule has 0 bridgehead atoms. The van der Waals surface area contributed by atoms with E-state index in [1.54, 1.807) is 0 Å². The lowest BCUT2D eigenvalue weighted by Crippen LogP contribution is -2.56. The third-order valence-electron chi connectivity index (χ3n) is 9.29. The molecule has 0 radical (unpaired) electrons. The van der Waals surface area contributed by atoms with E-state index in [0.29, 0.717) is 35.5 Å². The van der Waals surface area contributed by atoms with Gasteiger partial charge in [-0.05, 0) is 86.9 Å². The standard InChI is InChI=1S/C22H33NO3/c1-14(24)26-16-6-9-20(2)15(12-16)4-5-17-18(20)7-10-21(3)19(17)8-11-22(21,25)13-23/h15-19,25H,4-12H2,1-3H3/t15-,16?,17+,18-,19-,20-,21-,22?/m0/s1. The van der Waals surface area contributed by atoms with Crippen molar-refractivity contribution in [3.63, 3.8) is 0 Å². The minimum absolute atomic E-state index is 0.103. The highest BCUT2D eigenvalue weighted by Gasteiger charge is 2.65. The first-order chi connectivity index (χ1) is 12.2. The van der Waals surface area contributed by atoms with Gasteiger partial charge in [-0.25, -0.2) is 0 Å². The zero-order valence-electron chi connectivity index (χ0n) is 16.5. The van der Waals surface area contributed by atoms with Crippen LogP contribution in [0.5, 0.6) is 0 Å². The van der Waals surface area contributed by atoms with E-state index in [2.05, 4.69) is 19.9 Å². The second kappa shape index (κ2) is 5.96. The van der Waals surface area contributed by atoms with Gasteiger partial charge in [0.05, 0.1) is 6.07 Å². The van der Waals surface area contributed by atoms with Crippen LogP contribution in [0, 0.1) is 45.8 Å². The summed E-state index contributed by atoms with van der Waals surface area (Å²) in [6, 6.07) is 2.27. The van der Waals surface area contributed by atoms with Gasteiger partial charge in [0.15, 0.2) is 5.60 Å². The molecule has 0 amide bonds. The monoisotopic (exact) mass is 359 g/mol. The van der Waals surface area contributed by atoms with Gasteiger partial charge in [-0.2, -0.15) is 5.26 Å². The number of aliphatic hydroxyl groups is 1. The molecular weight excluding hydrogens is 326 g/mol. The maximum atomic E-state index is 11.4. The summed E-state index contributed by atoms with van der Waals surface area (Å²) in [5.41, 5.74) is -1.04. The average molecular weight is 360 g/mol. The number of esters is 1. The molecule has 4 rings (SSSR count). The van der Waals surface area contributed by atoms with E-state index in [-0.39, 0.29) is 17.5 Å². The van der Waals surface area contributed by atoms with E-state index < -0.39 is 5.60 Å². The Labute approximate surface area is 157 Å². The predicted molar refractivity (Wildman–Crippen MR) is 97.8 cm³/mol. The molecule has 0 aromatic carbocycles. The normalized spacial score (nSPS) is 53.0. The van der Waals surface area contributed by atoms with Gasteiger partial charge in [-0.3, -0.25) is 4.79 Å². The minimum atomic E-state index is -1.13. The summed E-state index contributed by atoms with van der Waals surface area (Å²) in [6.45, 7) is 6.17. The molecule has 1 N–H and O–H groups in total. The molecule has 144 valence electrons. The van der Waals surface area contributed by atoms with Gasteiger partial charge in [0.1, 0.15) is 6.10 Å². The molecule has 4 aliphatic carbocycles. The van der Waals surface area contributed by atoms with Crippen LogP contribution in [0.3, 0.4) is 0 Å².